The smallest absolute Gasteiger partial charge is 0.408 e. The monoisotopic (exact) mass is 1440 g/mol. The van der Waals surface area contributed by atoms with Crippen LogP contribution in [-0.2, 0) is 59.3 Å². The van der Waals surface area contributed by atoms with E-state index in [1.165, 1.54) is 49.4 Å². The Hall–Kier alpha value is -9.07. The van der Waals surface area contributed by atoms with Crippen molar-refractivity contribution >= 4 is 96.0 Å². The maximum Gasteiger partial charge on any atom is 0.408 e. The Morgan fingerprint density at radius 2 is 1.09 bits per heavy atom. The zero-order chi connectivity index (χ0) is 72.4. The van der Waals surface area contributed by atoms with Gasteiger partial charge in [-0.05, 0) is 55.1 Å². The number of carbonyl (C=O) groups excluding carboxylic acids is 11. The SMILES string of the molecule is CC[C@H](C)[C@H](NC(=O)[C@@H](CCCN=C(N)N)NC(=O)[C@H](CC(C)C)NC(=O)[C@@H](N)[C@H](O)C(C)C)C(=O)NC(C(=O)NCC(=O)N[C@H](C(=O)N[C@@H](CO)C(=O)N[C@H](c1ccccc1)[C@H](NC(=O)OCc1ccccc1)C(=O)Oc1c(F)c(F)c(F)c(F)c1F)[C@H](O)C(N)=O)[C@H](C)O.Cl.Cl. The molecule has 0 aliphatic rings. The normalized spacial score (nSPS) is 15.0. The highest BCUT2D eigenvalue weighted by Crippen LogP contribution is 2.31. The van der Waals surface area contributed by atoms with Crippen molar-refractivity contribution < 1.29 is 105 Å². The Balaban J connectivity index is 0.0000240. The van der Waals surface area contributed by atoms with E-state index in [-0.39, 0.29) is 74.5 Å². The van der Waals surface area contributed by atoms with Gasteiger partial charge in [0.15, 0.2) is 18.1 Å². The third-order valence-corrected chi connectivity index (χ3v) is 14.5. The molecule has 3 aromatic carbocycles. The van der Waals surface area contributed by atoms with Crippen LogP contribution in [0.25, 0.3) is 0 Å². The molecule has 13 atom stereocenters. The Labute approximate surface area is 571 Å². The standard InChI is InChI=1S/C60H83F5N14O17.2ClH/c1-8-28(6)42(76-51(86)32(20-15-21-70-59(68)69)72-52(87)33(22-26(2)3)73-54(89)41(66)47(83)27(4)5)56(91)77-43(29(7)81)55(90)71-23-35(82)75-46(48(84)50(67)85)57(92)74-34(24-80)53(88)78-44(31-18-13-10-14-19-31)45(79-60(94)95-25-30-16-11-9-12-17-30)58(93)96-49-39(64)37(62)36(61)38(63)40(49)65;;/h9-14,16-19,26-29,32-34,41-48,80-81,83-84H,8,15,20-25,66H2,1-7H3,(H2,67,85)(H,71,90)(H,72,87)(H,73,89)(H,74,92)(H,75,82)(H,76,86)(H,77,91)(H,78,88)(H,79,94)(H4,68,69,70);2*1H/t28-,29-,32+,33-,34-,41-,42-,43?,44+,45-,46-,47+,48-;;/m0../s1. The second kappa shape index (κ2) is 41.9. The first-order valence-corrected chi connectivity index (χ1v) is 30.0. The summed E-state index contributed by atoms with van der Waals surface area (Å²) in [6.45, 7) is 7.87. The van der Waals surface area contributed by atoms with Gasteiger partial charge in [0.2, 0.25) is 88.0 Å². The van der Waals surface area contributed by atoms with Gasteiger partial charge < -0.3 is 101 Å². The topological polar surface area (TPSA) is 512 Å². The minimum absolute atomic E-state index is 0. The maximum atomic E-state index is 14.9. The summed E-state index contributed by atoms with van der Waals surface area (Å²) in [6.07, 6.45) is -7.04. The molecule has 0 heterocycles. The van der Waals surface area contributed by atoms with Crippen LogP contribution in [0.4, 0.5) is 26.7 Å². The number of esters is 1. The molecule has 0 aromatic heterocycles. The van der Waals surface area contributed by atoms with Crippen LogP contribution in [0.3, 0.4) is 0 Å². The quantitative estimate of drug-likeness (QED) is 0.00435. The van der Waals surface area contributed by atoms with Crippen LogP contribution < -0.4 is 75.5 Å². The van der Waals surface area contributed by atoms with E-state index in [1.54, 1.807) is 52.8 Å². The number of hydrogen-bond acceptors (Lipinski definition) is 19. The Kier molecular flexibility index (Phi) is 37.2. The molecule has 0 bridgehead atoms. The summed E-state index contributed by atoms with van der Waals surface area (Å²) in [5.74, 6) is -30.1. The van der Waals surface area contributed by atoms with Crippen LogP contribution in [0.15, 0.2) is 65.7 Å². The predicted molar refractivity (Wildman–Crippen MR) is 343 cm³/mol. The van der Waals surface area contributed by atoms with Crippen molar-refractivity contribution in [3.05, 3.63) is 101 Å². The molecule has 98 heavy (non-hydrogen) atoms. The number of benzene rings is 3. The fourth-order valence-corrected chi connectivity index (χ4v) is 8.88. The molecule has 0 spiro atoms. The van der Waals surface area contributed by atoms with Crippen molar-refractivity contribution in [1.82, 2.24) is 47.9 Å². The molecule has 0 saturated heterocycles. The number of alkyl carbamates (subject to hydrolysis) is 1. The van der Waals surface area contributed by atoms with Crippen molar-refractivity contribution in [1.29, 1.82) is 0 Å². The third-order valence-electron chi connectivity index (χ3n) is 14.5. The van der Waals surface area contributed by atoms with E-state index in [2.05, 4.69) is 41.6 Å². The van der Waals surface area contributed by atoms with Crippen LogP contribution in [0, 0.1) is 46.8 Å². The second-order valence-electron chi connectivity index (χ2n) is 22.8. The number of nitrogens with one attached hydrogen (secondary N) is 9. The molecule has 546 valence electrons. The number of nitrogens with two attached hydrogens (primary N) is 4. The first-order valence-electron chi connectivity index (χ1n) is 30.0. The van der Waals surface area contributed by atoms with E-state index in [0.29, 0.717) is 5.56 Å². The van der Waals surface area contributed by atoms with Gasteiger partial charge in [-0.25, -0.2) is 22.8 Å². The lowest BCUT2D eigenvalue weighted by molar-refractivity contribution is -0.140. The number of halogens is 7. The molecular formula is C60H85Cl2F5N14O17. The molecule has 0 aliphatic heterocycles. The summed E-state index contributed by atoms with van der Waals surface area (Å²) in [4.78, 5) is 154. The summed E-state index contributed by atoms with van der Waals surface area (Å²) in [5, 5.41) is 62.4. The van der Waals surface area contributed by atoms with Crippen LogP contribution >= 0.6 is 24.8 Å². The lowest BCUT2D eigenvalue weighted by Crippen LogP contribution is -2.63. The number of amides is 10. The molecule has 0 aliphatic carbocycles. The highest BCUT2D eigenvalue weighted by Gasteiger charge is 2.41. The van der Waals surface area contributed by atoms with Gasteiger partial charge in [0.05, 0.1) is 31.4 Å². The molecule has 0 fully saturated rings. The fraction of sp³-hybridized carbons (Fsp3) is 0.500. The number of guanidine groups is 1. The Bertz CT molecular complexity index is 3210. The predicted octanol–water partition coefficient (Wildman–Crippen LogP) is -1.98. The van der Waals surface area contributed by atoms with E-state index in [9.17, 15) is 95.1 Å². The van der Waals surface area contributed by atoms with E-state index in [4.69, 9.17) is 27.7 Å². The zero-order valence-corrected chi connectivity index (χ0v) is 55.8. The van der Waals surface area contributed by atoms with E-state index in [0.717, 1.165) is 6.92 Å². The largest absolute Gasteiger partial charge is 0.445 e. The summed E-state index contributed by atoms with van der Waals surface area (Å²) >= 11 is 0. The molecule has 0 radical (unpaired) electrons. The van der Waals surface area contributed by atoms with Crippen molar-refractivity contribution in [2.75, 3.05) is 19.7 Å². The molecule has 1 unspecified atom stereocenters. The van der Waals surface area contributed by atoms with Crippen molar-refractivity contribution in [2.45, 2.75) is 153 Å². The van der Waals surface area contributed by atoms with Gasteiger partial charge in [0.1, 0.15) is 48.9 Å². The molecule has 21 N–H and O–H groups in total. The van der Waals surface area contributed by atoms with Gasteiger partial charge in [-0.2, -0.15) is 8.78 Å². The summed E-state index contributed by atoms with van der Waals surface area (Å²) in [7, 11) is 0. The molecule has 3 aromatic rings. The van der Waals surface area contributed by atoms with Gasteiger partial charge in [0.25, 0.3) is 0 Å². The molecule has 31 nitrogen and oxygen atoms in total. The number of rotatable bonds is 37. The highest BCUT2D eigenvalue weighted by molar-refractivity contribution is 5.99. The number of carbonyl (C=O) groups is 11. The average Bonchev–Trinajstić information content (AvgIpc) is 0.792. The van der Waals surface area contributed by atoms with Crippen molar-refractivity contribution in [3.8, 4) is 5.75 Å². The Morgan fingerprint density at radius 1 is 0.582 bits per heavy atom. The van der Waals surface area contributed by atoms with Crippen molar-refractivity contribution in [3.63, 3.8) is 0 Å². The van der Waals surface area contributed by atoms with Gasteiger partial charge in [-0.1, -0.05) is 109 Å². The number of nitrogens with zero attached hydrogens (tertiary/aromatic N) is 1. The lowest BCUT2D eigenvalue weighted by Gasteiger charge is -2.30. The van der Waals surface area contributed by atoms with Gasteiger partial charge in [0, 0.05) is 6.54 Å². The Morgan fingerprint density at radius 3 is 1.61 bits per heavy atom. The lowest BCUT2D eigenvalue weighted by atomic mass is 9.96. The van der Waals surface area contributed by atoms with Gasteiger partial charge in [-0.3, -0.25) is 48.1 Å². The van der Waals surface area contributed by atoms with Crippen LogP contribution in [0.1, 0.15) is 91.3 Å². The van der Waals surface area contributed by atoms with Crippen LogP contribution in [0.2, 0.25) is 0 Å². The number of primary amides is 1. The van der Waals surface area contributed by atoms with E-state index >= 15 is 0 Å². The van der Waals surface area contributed by atoms with E-state index < -0.39 is 204 Å². The number of aliphatic hydroxyl groups is 4. The number of ether oxygens (including phenoxy) is 2. The third kappa shape index (κ3) is 26.4. The highest BCUT2D eigenvalue weighted by atomic mass is 35.5. The summed E-state index contributed by atoms with van der Waals surface area (Å²) < 4.78 is 82.2. The first kappa shape index (κ1) is 86.9. The van der Waals surface area contributed by atoms with Gasteiger partial charge in [-0.15, -0.1) is 24.8 Å². The second-order valence-corrected chi connectivity index (χ2v) is 22.8. The minimum atomic E-state index is -2.67. The van der Waals surface area contributed by atoms with Crippen LogP contribution in [-0.4, -0.2) is 178 Å². The van der Waals surface area contributed by atoms with E-state index in [1.807, 2.05) is 16.0 Å². The number of aliphatic hydroxyl groups excluding tert-OH is 4. The first-order chi connectivity index (χ1) is 45.1. The summed E-state index contributed by atoms with van der Waals surface area (Å²) in [6, 6.07) is -2.78. The molecule has 38 heteroatoms. The number of hydrogen-bond donors (Lipinski definition) is 17. The average molecular weight is 1440 g/mol. The molecule has 10 amide bonds. The number of aliphatic imine (C=N–C) groups is 1. The van der Waals surface area contributed by atoms with Crippen molar-refractivity contribution in [2.24, 2.45) is 45.7 Å². The molecular weight excluding hydrogens is 1350 g/mol. The van der Waals surface area contributed by atoms with Crippen LogP contribution in [0.5, 0.6) is 5.75 Å². The minimum Gasteiger partial charge on any atom is -0.445 e. The molecule has 0 saturated carbocycles. The molecule has 3 rings (SSSR count). The van der Waals surface area contributed by atoms with Gasteiger partial charge >= 0.3 is 12.1 Å². The maximum absolute atomic E-state index is 14.9. The fourth-order valence-electron chi connectivity index (χ4n) is 8.88. The zero-order valence-electron chi connectivity index (χ0n) is 54.1. The summed E-state index contributed by atoms with van der Waals surface area (Å²) in [5.41, 5.74) is 22.4.